The van der Waals surface area contributed by atoms with Gasteiger partial charge in [-0.25, -0.2) is 9.97 Å². The summed E-state index contributed by atoms with van der Waals surface area (Å²) in [5.74, 6) is -0.519. The number of pyridine rings is 1. The number of carbonyl (C=O) groups excluding carboxylic acids is 1. The van der Waals surface area contributed by atoms with Crippen LogP contribution < -0.4 is 5.32 Å². The van der Waals surface area contributed by atoms with Crippen molar-refractivity contribution < 1.29 is 18.0 Å². The number of benzene rings is 2. The number of rotatable bonds is 4. The van der Waals surface area contributed by atoms with Crippen molar-refractivity contribution in [2.75, 3.05) is 5.32 Å². The molecule has 3 aromatic heterocycles. The Kier molecular flexibility index (Phi) is 5.39. The summed E-state index contributed by atoms with van der Waals surface area (Å²) in [5, 5.41) is 3.55. The summed E-state index contributed by atoms with van der Waals surface area (Å²) in [6.07, 6.45) is 1.98. The number of nitrogens with zero attached hydrogens (tertiary/aromatic N) is 3. The Morgan fingerprint density at radius 2 is 1.86 bits per heavy atom. The molecule has 1 amide bonds. The van der Waals surface area contributed by atoms with E-state index < -0.39 is 17.6 Å². The molecule has 9 heteroatoms. The molecule has 0 spiro atoms. The van der Waals surface area contributed by atoms with Crippen LogP contribution in [0.1, 0.15) is 27.2 Å². The molecule has 5 rings (SSSR count). The van der Waals surface area contributed by atoms with Gasteiger partial charge in [0, 0.05) is 46.5 Å². The highest BCUT2D eigenvalue weighted by Crippen LogP contribution is 2.33. The number of aromatic amines is 1. The van der Waals surface area contributed by atoms with E-state index in [-0.39, 0.29) is 11.4 Å². The number of anilines is 1. The van der Waals surface area contributed by atoms with Crippen LogP contribution in [0.3, 0.4) is 0 Å². The standard InChI is InChI=1S/C26H20F3N5O/c1-15-3-4-18(8-23(15)19-7-17-5-6-30-24(17)31-12-19)25(35)33-21-9-20(26(27,28)29)10-22(11-21)34-13-16(2)32-14-34/h3-14H,1-2H3,(H,30,31)(H,33,35). The zero-order chi connectivity index (χ0) is 24.7. The molecular formula is C26H20F3N5O. The van der Waals surface area contributed by atoms with Crippen LogP contribution in [0.25, 0.3) is 27.8 Å². The lowest BCUT2D eigenvalue weighted by molar-refractivity contribution is -0.137. The molecule has 5 aromatic rings. The molecule has 176 valence electrons. The predicted octanol–water partition coefficient (Wildman–Crippen LogP) is 6.30. The molecule has 0 unspecified atom stereocenters. The van der Waals surface area contributed by atoms with Crippen LogP contribution in [0.15, 0.2) is 73.4 Å². The smallest absolute Gasteiger partial charge is 0.346 e. The molecule has 0 atom stereocenters. The van der Waals surface area contributed by atoms with Gasteiger partial charge in [-0.1, -0.05) is 6.07 Å². The van der Waals surface area contributed by atoms with Gasteiger partial charge in [0.05, 0.1) is 17.6 Å². The lowest BCUT2D eigenvalue weighted by Gasteiger charge is -2.14. The highest BCUT2D eigenvalue weighted by Gasteiger charge is 2.31. The average Bonchev–Trinajstić information content (AvgIpc) is 3.47. The maximum absolute atomic E-state index is 13.6. The van der Waals surface area contributed by atoms with E-state index in [9.17, 15) is 18.0 Å². The minimum atomic E-state index is -4.58. The summed E-state index contributed by atoms with van der Waals surface area (Å²) in [4.78, 5) is 24.6. The second-order valence-electron chi connectivity index (χ2n) is 8.31. The van der Waals surface area contributed by atoms with Crippen molar-refractivity contribution in [3.63, 3.8) is 0 Å². The number of hydrogen-bond acceptors (Lipinski definition) is 3. The third-order valence-corrected chi connectivity index (χ3v) is 5.72. The summed E-state index contributed by atoms with van der Waals surface area (Å²) < 4.78 is 42.1. The molecule has 2 N–H and O–H groups in total. The zero-order valence-electron chi connectivity index (χ0n) is 18.8. The van der Waals surface area contributed by atoms with Gasteiger partial charge in [-0.3, -0.25) is 4.79 Å². The number of halogens is 3. The number of amides is 1. The van der Waals surface area contributed by atoms with E-state index in [1.807, 2.05) is 19.1 Å². The molecular weight excluding hydrogens is 455 g/mol. The van der Waals surface area contributed by atoms with Gasteiger partial charge < -0.3 is 14.9 Å². The molecule has 3 heterocycles. The number of fused-ring (bicyclic) bond motifs is 1. The molecule has 0 saturated heterocycles. The van der Waals surface area contributed by atoms with Crippen LogP contribution in [0.2, 0.25) is 0 Å². The van der Waals surface area contributed by atoms with Gasteiger partial charge in [0.1, 0.15) is 5.65 Å². The fraction of sp³-hybridized carbons (Fsp3) is 0.115. The molecule has 0 fully saturated rings. The monoisotopic (exact) mass is 475 g/mol. The van der Waals surface area contributed by atoms with Crippen LogP contribution >= 0.6 is 0 Å². The van der Waals surface area contributed by atoms with Crippen molar-refractivity contribution in [1.29, 1.82) is 0 Å². The Morgan fingerprint density at radius 1 is 1.03 bits per heavy atom. The topological polar surface area (TPSA) is 75.6 Å². The van der Waals surface area contributed by atoms with Crippen molar-refractivity contribution in [1.82, 2.24) is 19.5 Å². The maximum atomic E-state index is 13.6. The van der Waals surface area contributed by atoms with E-state index in [1.165, 1.54) is 17.0 Å². The Labute approximate surface area is 198 Å². The summed E-state index contributed by atoms with van der Waals surface area (Å²) >= 11 is 0. The number of hydrogen-bond donors (Lipinski definition) is 2. The highest BCUT2D eigenvalue weighted by atomic mass is 19.4. The summed E-state index contributed by atoms with van der Waals surface area (Å²) in [6, 6.07) is 12.5. The number of H-pyrrole nitrogens is 1. The minimum absolute atomic E-state index is 0.0312. The van der Waals surface area contributed by atoms with E-state index in [0.29, 0.717) is 11.3 Å². The van der Waals surface area contributed by atoms with E-state index >= 15 is 0 Å². The maximum Gasteiger partial charge on any atom is 0.416 e. The lowest BCUT2D eigenvalue weighted by Crippen LogP contribution is -2.14. The molecule has 0 aliphatic carbocycles. The Morgan fingerprint density at radius 3 is 2.60 bits per heavy atom. The van der Waals surface area contributed by atoms with Crippen molar-refractivity contribution in [3.8, 4) is 16.8 Å². The first-order chi connectivity index (χ1) is 16.7. The summed E-state index contributed by atoms with van der Waals surface area (Å²) in [7, 11) is 0. The molecule has 35 heavy (non-hydrogen) atoms. The first kappa shape index (κ1) is 22.4. The Hall–Kier alpha value is -4.40. The first-order valence-electron chi connectivity index (χ1n) is 10.8. The van der Waals surface area contributed by atoms with Crippen LogP contribution in [0, 0.1) is 13.8 Å². The van der Waals surface area contributed by atoms with Crippen LogP contribution in [0.4, 0.5) is 18.9 Å². The van der Waals surface area contributed by atoms with Crippen LogP contribution in [-0.2, 0) is 6.18 Å². The number of carbonyl (C=O) groups is 1. The van der Waals surface area contributed by atoms with Gasteiger partial charge in [0.25, 0.3) is 5.91 Å². The largest absolute Gasteiger partial charge is 0.416 e. The fourth-order valence-electron chi connectivity index (χ4n) is 3.92. The van der Waals surface area contributed by atoms with E-state index in [2.05, 4.69) is 20.3 Å². The number of aromatic nitrogens is 4. The molecule has 0 aliphatic rings. The quantitative estimate of drug-likeness (QED) is 0.320. The van der Waals surface area contributed by atoms with Crippen molar-refractivity contribution >= 4 is 22.6 Å². The second kappa shape index (κ2) is 8.43. The van der Waals surface area contributed by atoms with Gasteiger partial charge in [-0.15, -0.1) is 0 Å². The molecule has 0 aliphatic heterocycles. The first-order valence-corrected chi connectivity index (χ1v) is 10.8. The van der Waals surface area contributed by atoms with Crippen molar-refractivity contribution in [3.05, 3.63) is 95.8 Å². The summed E-state index contributed by atoms with van der Waals surface area (Å²) in [6.45, 7) is 3.66. The van der Waals surface area contributed by atoms with Crippen LogP contribution in [-0.4, -0.2) is 25.4 Å². The number of aryl methyl sites for hydroxylation is 2. The van der Waals surface area contributed by atoms with E-state index in [0.717, 1.165) is 39.9 Å². The average molecular weight is 475 g/mol. The van der Waals surface area contributed by atoms with E-state index in [1.54, 1.807) is 43.7 Å². The number of nitrogens with one attached hydrogen (secondary N) is 2. The normalized spacial score (nSPS) is 11.7. The molecule has 6 nitrogen and oxygen atoms in total. The lowest BCUT2D eigenvalue weighted by atomic mass is 9.98. The minimum Gasteiger partial charge on any atom is -0.346 e. The van der Waals surface area contributed by atoms with E-state index in [4.69, 9.17) is 0 Å². The molecule has 0 radical (unpaired) electrons. The third kappa shape index (κ3) is 4.52. The van der Waals surface area contributed by atoms with Gasteiger partial charge >= 0.3 is 6.18 Å². The third-order valence-electron chi connectivity index (χ3n) is 5.72. The Bertz CT molecular complexity index is 1570. The molecule has 2 aromatic carbocycles. The summed E-state index contributed by atoms with van der Waals surface area (Å²) in [5.41, 5.74) is 3.73. The van der Waals surface area contributed by atoms with Gasteiger partial charge in [0.2, 0.25) is 0 Å². The predicted molar refractivity (Wildman–Crippen MR) is 128 cm³/mol. The molecule has 0 bridgehead atoms. The van der Waals surface area contributed by atoms with Gasteiger partial charge in [0.15, 0.2) is 0 Å². The van der Waals surface area contributed by atoms with Gasteiger partial charge in [-0.2, -0.15) is 13.2 Å². The van der Waals surface area contributed by atoms with Crippen LogP contribution in [0.5, 0.6) is 0 Å². The molecule has 0 saturated carbocycles. The number of imidazole rings is 1. The Balaban J connectivity index is 1.49. The van der Waals surface area contributed by atoms with Crippen molar-refractivity contribution in [2.24, 2.45) is 0 Å². The second-order valence-corrected chi connectivity index (χ2v) is 8.31. The van der Waals surface area contributed by atoms with Gasteiger partial charge in [-0.05, 0) is 67.4 Å². The SMILES string of the molecule is Cc1cn(-c2cc(NC(=O)c3ccc(C)c(-c4cnc5[nH]ccc5c4)c3)cc(C(F)(F)F)c2)cn1. The number of alkyl halides is 3. The zero-order valence-corrected chi connectivity index (χ0v) is 18.8. The highest BCUT2D eigenvalue weighted by molar-refractivity contribution is 6.05. The van der Waals surface area contributed by atoms with Crippen molar-refractivity contribution in [2.45, 2.75) is 20.0 Å². The fourth-order valence-corrected chi connectivity index (χ4v) is 3.92.